The molecule has 0 bridgehead atoms. The topological polar surface area (TPSA) is 44.5 Å². The van der Waals surface area contributed by atoms with Crippen molar-refractivity contribution in [2.24, 2.45) is 5.73 Å². The van der Waals surface area contributed by atoms with Gasteiger partial charge in [0.05, 0.1) is 17.7 Å². The zero-order valence-electron chi connectivity index (χ0n) is 8.54. The van der Waals surface area contributed by atoms with Gasteiger partial charge in [-0.15, -0.1) is 0 Å². The first kappa shape index (κ1) is 11.9. The summed E-state index contributed by atoms with van der Waals surface area (Å²) in [6, 6.07) is 0. The molecule has 1 aliphatic heterocycles. The average molecular weight is 217 g/mol. The van der Waals surface area contributed by atoms with E-state index in [0.29, 0.717) is 11.1 Å². The molecule has 1 unspecified atom stereocenters. The monoisotopic (exact) mass is 217 g/mol. The maximum atomic E-state index is 5.53. The van der Waals surface area contributed by atoms with Crippen LogP contribution in [0.25, 0.3) is 0 Å². The van der Waals surface area contributed by atoms with Crippen molar-refractivity contribution in [2.75, 3.05) is 19.8 Å². The summed E-state index contributed by atoms with van der Waals surface area (Å²) < 4.78 is 11.0. The van der Waals surface area contributed by atoms with E-state index < -0.39 is 0 Å². The van der Waals surface area contributed by atoms with Gasteiger partial charge < -0.3 is 15.2 Å². The molecule has 4 heteroatoms. The van der Waals surface area contributed by atoms with E-state index >= 15 is 0 Å². The fraction of sp³-hybridized carbons (Fsp3) is 0.900. The highest BCUT2D eigenvalue weighted by molar-refractivity contribution is 7.80. The molecule has 0 saturated carbocycles. The van der Waals surface area contributed by atoms with Crippen LogP contribution in [0.1, 0.15) is 32.1 Å². The standard InChI is InChI=1S/C10H19NO2S/c11-10(14)5-3-6-12-8-9-4-1-2-7-13-9/h9H,1-8H2,(H2,11,14). The van der Waals surface area contributed by atoms with Gasteiger partial charge in [-0.25, -0.2) is 0 Å². The number of ether oxygens (including phenoxy) is 2. The van der Waals surface area contributed by atoms with Crippen molar-refractivity contribution in [2.45, 2.75) is 38.2 Å². The van der Waals surface area contributed by atoms with E-state index in [-0.39, 0.29) is 0 Å². The number of thiocarbonyl (C=S) groups is 1. The molecule has 2 N–H and O–H groups in total. The Kier molecular flexibility index (Phi) is 6.07. The van der Waals surface area contributed by atoms with Crippen LogP contribution in [0.15, 0.2) is 0 Å². The van der Waals surface area contributed by atoms with E-state index in [1.54, 1.807) is 0 Å². The van der Waals surface area contributed by atoms with Gasteiger partial charge in [-0.3, -0.25) is 0 Å². The molecular weight excluding hydrogens is 198 g/mol. The van der Waals surface area contributed by atoms with Crippen LogP contribution < -0.4 is 5.73 Å². The summed E-state index contributed by atoms with van der Waals surface area (Å²) in [4.78, 5) is 0.572. The summed E-state index contributed by atoms with van der Waals surface area (Å²) >= 11 is 4.77. The van der Waals surface area contributed by atoms with Gasteiger partial charge in [0, 0.05) is 13.2 Å². The second-order valence-corrected chi connectivity index (χ2v) is 4.16. The van der Waals surface area contributed by atoms with Crippen molar-refractivity contribution in [3.8, 4) is 0 Å². The summed E-state index contributed by atoms with van der Waals surface area (Å²) in [5.41, 5.74) is 5.37. The summed E-state index contributed by atoms with van der Waals surface area (Å²) in [6.45, 7) is 2.34. The Morgan fingerprint density at radius 2 is 2.36 bits per heavy atom. The third-order valence-electron chi connectivity index (χ3n) is 2.29. The molecule has 1 atom stereocenters. The largest absolute Gasteiger partial charge is 0.393 e. The van der Waals surface area contributed by atoms with Gasteiger partial charge in [0.25, 0.3) is 0 Å². The highest BCUT2D eigenvalue weighted by Crippen LogP contribution is 2.12. The maximum absolute atomic E-state index is 5.53. The molecule has 1 saturated heterocycles. The summed E-state index contributed by atoms with van der Waals surface area (Å²) in [7, 11) is 0. The van der Waals surface area contributed by atoms with Gasteiger partial charge in [0.2, 0.25) is 0 Å². The molecule has 14 heavy (non-hydrogen) atoms. The van der Waals surface area contributed by atoms with Crippen molar-refractivity contribution in [3.63, 3.8) is 0 Å². The Morgan fingerprint density at radius 3 is 3.00 bits per heavy atom. The van der Waals surface area contributed by atoms with Crippen molar-refractivity contribution < 1.29 is 9.47 Å². The SMILES string of the molecule is NC(=S)CCCOCC1CCCCO1. The predicted molar refractivity (Wildman–Crippen MR) is 60.4 cm³/mol. The zero-order valence-corrected chi connectivity index (χ0v) is 9.35. The molecule has 0 radical (unpaired) electrons. The van der Waals surface area contributed by atoms with Crippen LogP contribution in [0.4, 0.5) is 0 Å². The Hall–Kier alpha value is -0.190. The quantitative estimate of drug-likeness (QED) is 0.542. The molecule has 1 heterocycles. The molecule has 1 fully saturated rings. The van der Waals surface area contributed by atoms with Crippen LogP contribution in [0, 0.1) is 0 Å². The molecule has 1 rings (SSSR count). The maximum Gasteiger partial charge on any atom is 0.0808 e. The molecule has 3 nitrogen and oxygen atoms in total. The first-order valence-electron chi connectivity index (χ1n) is 5.26. The van der Waals surface area contributed by atoms with Crippen molar-refractivity contribution in [1.82, 2.24) is 0 Å². The molecule has 0 spiro atoms. The third-order valence-corrected chi connectivity index (χ3v) is 2.49. The normalized spacial score (nSPS) is 22.1. The predicted octanol–water partition coefficient (Wildman–Crippen LogP) is 1.64. The van der Waals surface area contributed by atoms with Crippen LogP contribution in [0.2, 0.25) is 0 Å². The second-order valence-electron chi connectivity index (χ2n) is 3.63. The Bertz CT molecular complexity index is 170. The van der Waals surface area contributed by atoms with Gasteiger partial charge in [-0.05, 0) is 32.1 Å². The summed E-state index contributed by atoms with van der Waals surface area (Å²) in [6.07, 6.45) is 5.60. The minimum Gasteiger partial charge on any atom is -0.393 e. The Morgan fingerprint density at radius 1 is 1.50 bits per heavy atom. The van der Waals surface area contributed by atoms with E-state index in [2.05, 4.69) is 0 Å². The molecule has 0 aromatic carbocycles. The van der Waals surface area contributed by atoms with Crippen LogP contribution in [-0.2, 0) is 9.47 Å². The lowest BCUT2D eigenvalue weighted by molar-refractivity contribution is -0.0406. The van der Waals surface area contributed by atoms with Gasteiger partial charge >= 0.3 is 0 Å². The van der Waals surface area contributed by atoms with E-state index in [9.17, 15) is 0 Å². The summed E-state index contributed by atoms with van der Waals surface area (Å²) in [5, 5.41) is 0. The average Bonchev–Trinajstić information content (AvgIpc) is 2.18. The number of hydrogen-bond donors (Lipinski definition) is 1. The number of nitrogens with two attached hydrogens (primary N) is 1. The van der Waals surface area contributed by atoms with E-state index in [1.165, 1.54) is 12.8 Å². The number of hydrogen-bond acceptors (Lipinski definition) is 3. The van der Waals surface area contributed by atoms with Crippen LogP contribution in [-0.4, -0.2) is 30.9 Å². The lowest BCUT2D eigenvalue weighted by Crippen LogP contribution is -2.24. The molecule has 0 aromatic rings. The molecular formula is C10H19NO2S. The Labute approximate surface area is 90.9 Å². The summed E-state index contributed by atoms with van der Waals surface area (Å²) in [5.74, 6) is 0. The Balaban J connectivity index is 1.90. The molecule has 1 aliphatic rings. The first-order valence-corrected chi connectivity index (χ1v) is 5.67. The molecule has 0 aliphatic carbocycles. The lowest BCUT2D eigenvalue weighted by atomic mass is 10.1. The van der Waals surface area contributed by atoms with Crippen LogP contribution in [0.3, 0.4) is 0 Å². The highest BCUT2D eigenvalue weighted by Gasteiger charge is 2.13. The fourth-order valence-corrected chi connectivity index (χ4v) is 1.65. The van der Waals surface area contributed by atoms with Crippen LogP contribution in [0.5, 0.6) is 0 Å². The second kappa shape index (κ2) is 7.15. The van der Waals surface area contributed by atoms with Crippen LogP contribution >= 0.6 is 12.2 Å². The van der Waals surface area contributed by atoms with Crippen molar-refractivity contribution in [1.29, 1.82) is 0 Å². The third kappa shape index (κ3) is 5.52. The first-order chi connectivity index (χ1) is 6.79. The van der Waals surface area contributed by atoms with E-state index in [0.717, 1.165) is 39.1 Å². The van der Waals surface area contributed by atoms with Crippen molar-refractivity contribution >= 4 is 17.2 Å². The number of rotatable bonds is 6. The van der Waals surface area contributed by atoms with Gasteiger partial charge in [-0.1, -0.05) is 12.2 Å². The van der Waals surface area contributed by atoms with Crippen molar-refractivity contribution in [3.05, 3.63) is 0 Å². The van der Waals surface area contributed by atoms with Gasteiger partial charge in [-0.2, -0.15) is 0 Å². The lowest BCUT2D eigenvalue weighted by Gasteiger charge is -2.22. The smallest absolute Gasteiger partial charge is 0.0808 e. The highest BCUT2D eigenvalue weighted by atomic mass is 32.1. The minimum absolute atomic E-state index is 0.313. The zero-order chi connectivity index (χ0) is 10.2. The van der Waals surface area contributed by atoms with E-state index in [4.69, 9.17) is 27.4 Å². The fourth-order valence-electron chi connectivity index (χ4n) is 1.50. The minimum atomic E-state index is 0.313. The molecule has 0 aromatic heterocycles. The van der Waals surface area contributed by atoms with E-state index in [1.807, 2.05) is 0 Å². The van der Waals surface area contributed by atoms with Gasteiger partial charge in [0.1, 0.15) is 0 Å². The molecule has 0 amide bonds. The molecule has 82 valence electrons. The van der Waals surface area contributed by atoms with Gasteiger partial charge in [0.15, 0.2) is 0 Å².